The van der Waals surface area contributed by atoms with Crippen LogP contribution in [0.3, 0.4) is 0 Å². The van der Waals surface area contributed by atoms with E-state index in [1.165, 1.54) is 57.7 Å². The molecule has 31 heavy (non-hydrogen) atoms. The molecule has 0 aromatic heterocycles. The molecule has 0 fully saturated rings. The van der Waals surface area contributed by atoms with Gasteiger partial charge in [0.1, 0.15) is 0 Å². The molecule has 162 valence electrons. The first-order valence-electron chi connectivity index (χ1n) is 9.17. The molecule has 9 heteroatoms. The Bertz CT molecular complexity index is 1140. The molecule has 0 aliphatic heterocycles. The lowest BCUT2D eigenvalue weighted by atomic mass is 10.1. The number of carbonyl (C=O) groups excluding carboxylic acids is 1. The van der Waals surface area contributed by atoms with Crippen LogP contribution in [0.4, 0.5) is 11.4 Å². The first-order chi connectivity index (χ1) is 14.9. The average Bonchev–Trinajstić information content (AvgIpc) is 2.78. The number of anilines is 2. The molecule has 0 saturated heterocycles. The quantitative estimate of drug-likeness (QED) is 0.551. The van der Waals surface area contributed by atoms with Crippen molar-refractivity contribution in [3.63, 3.8) is 0 Å². The highest BCUT2D eigenvalue weighted by Gasteiger charge is 2.18. The highest BCUT2D eigenvalue weighted by Crippen LogP contribution is 2.38. The van der Waals surface area contributed by atoms with Crippen molar-refractivity contribution in [2.75, 3.05) is 31.4 Å². The van der Waals surface area contributed by atoms with Gasteiger partial charge in [0.15, 0.2) is 11.5 Å². The summed E-state index contributed by atoms with van der Waals surface area (Å²) < 4.78 is 43.3. The van der Waals surface area contributed by atoms with E-state index in [0.717, 1.165) is 0 Å². The van der Waals surface area contributed by atoms with Crippen molar-refractivity contribution >= 4 is 27.3 Å². The van der Waals surface area contributed by atoms with Crippen molar-refractivity contribution in [2.45, 2.75) is 4.90 Å². The largest absolute Gasteiger partial charge is 0.493 e. The summed E-state index contributed by atoms with van der Waals surface area (Å²) >= 11 is 0. The fraction of sp³-hybridized carbons (Fsp3) is 0.136. The van der Waals surface area contributed by atoms with Gasteiger partial charge in [0.05, 0.1) is 26.2 Å². The number of rotatable bonds is 8. The molecule has 3 aromatic carbocycles. The molecular weight excluding hydrogens is 420 g/mol. The molecule has 0 bridgehead atoms. The van der Waals surface area contributed by atoms with Gasteiger partial charge in [-0.05, 0) is 48.5 Å². The molecule has 0 heterocycles. The van der Waals surface area contributed by atoms with Crippen molar-refractivity contribution < 1.29 is 27.4 Å². The van der Waals surface area contributed by atoms with Gasteiger partial charge in [-0.15, -0.1) is 0 Å². The molecule has 0 atom stereocenters. The second-order valence-electron chi connectivity index (χ2n) is 6.36. The Balaban J connectivity index is 1.77. The number of nitrogens with one attached hydrogen (secondary N) is 2. The Morgan fingerprint density at radius 3 is 1.87 bits per heavy atom. The zero-order valence-electron chi connectivity index (χ0n) is 17.2. The highest BCUT2D eigenvalue weighted by atomic mass is 32.2. The van der Waals surface area contributed by atoms with Crippen LogP contribution in [0.15, 0.2) is 71.6 Å². The summed E-state index contributed by atoms with van der Waals surface area (Å²) in [6, 6.07) is 17.5. The zero-order valence-corrected chi connectivity index (χ0v) is 18.0. The maximum Gasteiger partial charge on any atom is 0.261 e. The lowest BCUT2D eigenvalue weighted by Crippen LogP contribution is -2.14. The van der Waals surface area contributed by atoms with Crippen LogP contribution in [-0.4, -0.2) is 35.7 Å². The molecule has 0 unspecified atom stereocenters. The van der Waals surface area contributed by atoms with Gasteiger partial charge in [-0.2, -0.15) is 0 Å². The number of sulfonamides is 1. The Hall–Kier alpha value is -3.72. The van der Waals surface area contributed by atoms with Crippen LogP contribution >= 0.6 is 0 Å². The topological polar surface area (TPSA) is 103 Å². The molecule has 0 saturated carbocycles. The van der Waals surface area contributed by atoms with Crippen LogP contribution in [0.2, 0.25) is 0 Å². The fourth-order valence-corrected chi connectivity index (χ4v) is 3.91. The second-order valence-corrected chi connectivity index (χ2v) is 8.05. The van der Waals surface area contributed by atoms with Crippen LogP contribution in [0.1, 0.15) is 10.4 Å². The zero-order chi connectivity index (χ0) is 22.4. The first kappa shape index (κ1) is 22.0. The number of benzene rings is 3. The van der Waals surface area contributed by atoms with Crippen molar-refractivity contribution in [3.8, 4) is 17.2 Å². The van der Waals surface area contributed by atoms with E-state index in [2.05, 4.69) is 10.0 Å². The van der Waals surface area contributed by atoms with Crippen molar-refractivity contribution in [3.05, 3.63) is 72.3 Å². The van der Waals surface area contributed by atoms with Crippen LogP contribution < -0.4 is 24.2 Å². The molecular formula is C22H22N2O6S. The van der Waals surface area contributed by atoms with Crippen LogP contribution in [0, 0.1) is 0 Å². The number of hydrogen-bond donors (Lipinski definition) is 2. The van der Waals surface area contributed by atoms with E-state index < -0.39 is 15.9 Å². The molecule has 0 spiro atoms. The third kappa shape index (κ3) is 5.07. The van der Waals surface area contributed by atoms with Crippen molar-refractivity contribution in [1.29, 1.82) is 0 Å². The van der Waals surface area contributed by atoms with Gasteiger partial charge >= 0.3 is 0 Å². The molecule has 3 aromatic rings. The maximum atomic E-state index is 12.7. The van der Waals surface area contributed by atoms with Gasteiger partial charge in [0, 0.05) is 16.9 Å². The fourth-order valence-electron chi connectivity index (χ4n) is 2.85. The van der Waals surface area contributed by atoms with Crippen LogP contribution in [-0.2, 0) is 10.0 Å². The molecule has 0 aliphatic rings. The third-order valence-electron chi connectivity index (χ3n) is 4.38. The van der Waals surface area contributed by atoms with Gasteiger partial charge in [-0.25, -0.2) is 8.42 Å². The first-order valence-corrected chi connectivity index (χ1v) is 10.7. The van der Waals surface area contributed by atoms with Crippen LogP contribution in [0.5, 0.6) is 17.2 Å². The van der Waals surface area contributed by atoms with Crippen LogP contribution in [0.25, 0.3) is 0 Å². The van der Waals surface area contributed by atoms with E-state index in [9.17, 15) is 13.2 Å². The Morgan fingerprint density at radius 1 is 0.774 bits per heavy atom. The summed E-state index contributed by atoms with van der Waals surface area (Å²) in [7, 11) is 0.648. The summed E-state index contributed by atoms with van der Waals surface area (Å²) in [5.74, 6) is 0.653. The number of carbonyl (C=O) groups is 1. The summed E-state index contributed by atoms with van der Waals surface area (Å²) in [4.78, 5) is 12.8. The number of ether oxygens (including phenoxy) is 3. The van der Waals surface area contributed by atoms with E-state index >= 15 is 0 Å². The minimum absolute atomic E-state index is 0.0714. The van der Waals surface area contributed by atoms with Crippen molar-refractivity contribution in [2.24, 2.45) is 0 Å². The Morgan fingerprint density at radius 2 is 1.35 bits per heavy atom. The minimum Gasteiger partial charge on any atom is -0.493 e. The Labute approximate surface area is 180 Å². The van der Waals surface area contributed by atoms with Gasteiger partial charge < -0.3 is 19.5 Å². The monoisotopic (exact) mass is 442 g/mol. The number of amides is 1. The van der Waals surface area contributed by atoms with E-state index in [1.807, 2.05) is 0 Å². The van der Waals surface area contributed by atoms with E-state index in [-0.39, 0.29) is 10.5 Å². The number of methoxy groups -OCH3 is 3. The average molecular weight is 442 g/mol. The Kier molecular flexibility index (Phi) is 6.66. The van der Waals surface area contributed by atoms with Gasteiger partial charge in [0.2, 0.25) is 5.75 Å². The normalized spacial score (nSPS) is 10.8. The maximum absolute atomic E-state index is 12.7. The molecule has 3 rings (SSSR count). The summed E-state index contributed by atoms with van der Waals surface area (Å²) in [5, 5.41) is 2.72. The second kappa shape index (κ2) is 9.40. The van der Waals surface area contributed by atoms with Gasteiger partial charge in [-0.1, -0.05) is 18.2 Å². The smallest absolute Gasteiger partial charge is 0.261 e. The van der Waals surface area contributed by atoms with E-state index in [1.54, 1.807) is 30.3 Å². The lowest BCUT2D eigenvalue weighted by molar-refractivity contribution is 0.102. The van der Waals surface area contributed by atoms with E-state index in [4.69, 9.17) is 14.2 Å². The van der Waals surface area contributed by atoms with Crippen molar-refractivity contribution in [1.82, 2.24) is 0 Å². The molecule has 2 N–H and O–H groups in total. The number of para-hydroxylation sites is 1. The molecule has 0 radical (unpaired) electrons. The predicted molar refractivity (Wildman–Crippen MR) is 118 cm³/mol. The SMILES string of the molecule is COc1cc(C(=O)Nc2ccc(S(=O)(=O)Nc3ccccc3)cc2)cc(OC)c1OC. The third-order valence-corrected chi connectivity index (χ3v) is 5.77. The summed E-state index contributed by atoms with van der Waals surface area (Å²) in [6.45, 7) is 0. The highest BCUT2D eigenvalue weighted by molar-refractivity contribution is 7.92. The summed E-state index contributed by atoms with van der Waals surface area (Å²) in [6.07, 6.45) is 0. The molecule has 1 amide bonds. The standard InChI is InChI=1S/C22H22N2O6S/c1-28-19-13-15(14-20(29-2)21(19)30-3)22(25)23-16-9-11-18(12-10-16)31(26,27)24-17-7-5-4-6-8-17/h4-14,24H,1-3H3,(H,23,25). The van der Waals surface area contributed by atoms with E-state index in [0.29, 0.717) is 28.6 Å². The van der Waals surface area contributed by atoms with Gasteiger partial charge in [0.25, 0.3) is 15.9 Å². The predicted octanol–water partition coefficient (Wildman–Crippen LogP) is 3.77. The minimum atomic E-state index is -3.75. The summed E-state index contributed by atoms with van der Waals surface area (Å²) in [5.41, 5.74) is 1.18. The number of hydrogen-bond acceptors (Lipinski definition) is 6. The lowest BCUT2D eigenvalue weighted by Gasteiger charge is -2.14. The molecule has 8 nitrogen and oxygen atoms in total. The van der Waals surface area contributed by atoms with Gasteiger partial charge in [-0.3, -0.25) is 9.52 Å². The molecule has 0 aliphatic carbocycles.